The van der Waals surface area contributed by atoms with Crippen LogP contribution in [0.3, 0.4) is 0 Å². The fourth-order valence-electron chi connectivity index (χ4n) is 1.69. The number of aliphatic hydroxyl groups is 1. The lowest BCUT2D eigenvalue weighted by Crippen LogP contribution is -2.11. The van der Waals surface area contributed by atoms with Gasteiger partial charge in [0.25, 0.3) is 0 Å². The molecule has 0 unspecified atom stereocenters. The summed E-state index contributed by atoms with van der Waals surface area (Å²) in [4.78, 5) is 0. The third-order valence-electron chi connectivity index (χ3n) is 2.62. The molecular formula is C12H26O. The van der Waals surface area contributed by atoms with Crippen molar-refractivity contribution < 1.29 is 5.11 Å². The van der Waals surface area contributed by atoms with E-state index in [2.05, 4.69) is 20.8 Å². The van der Waals surface area contributed by atoms with Gasteiger partial charge in [-0.3, -0.25) is 0 Å². The van der Waals surface area contributed by atoms with Crippen molar-refractivity contribution in [2.75, 3.05) is 0 Å². The van der Waals surface area contributed by atoms with E-state index in [1.165, 1.54) is 32.1 Å². The third kappa shape index (κ3) is 8.29. The quantitative estimate of drug-likeness (QED) is 0.612. The SMILES string of the molecule is CCCC[C@@H](C)C[C@H](O)CCCC. The topological polar surface area (TPSA) is 20.2 Å². The van der Waals surface area contributed by atoms with Gasteiger partial charge in [0.15, 0.2) is 0 Å². The van der Waals surface area contributed by atoms with Gasteiger partial charge in [-0.15, -0.1) is 0 Å². The van der Waals surface area contributed by atoms with Crippen LogP contribution in [0.1, 0.15) is 65.7 Å². The van der Waals surface area contributed by atoms with Crippen LogP contribution in [0.2, 0.25) is 0 Å². The molecule has 0 aromatic carbocycles. The molecule has 0 saturated heterocycles. The first-order valence-corrected chi connectivity index (χ1v) is 5.88. The minimum Gasteiger partial charge on any atom is -0.393 e. The predicted molar refractivity (Wildman–Crippen MR) is 58.8 cm³/mol. The summed E-state index contributed by atoms with van der Waals surface area (Å²) in [6.45, 7) is 6.65. The molecule has 0 amide bonds. The lowest BCUT2D eigenvalue weighted by molar-refractivity contribution is 0.131. The highest BCUT2D eigenvalue weighted by Crippen LogP contribution is 2.16. The first-order valence-electron chi connectivity index (χ1n) is 5.88. The van der Waals surface area contributed by atoms with Crippen molar-refractivity contribution in [1.82, 2.24) is 0 Å². The van der Waals surface area contributed by atoms with E-state index >= 15 is 0 Å². The van der Waals surface area contributed by atoms with E-state index in [0.717, 1.165) is 12.8 Å². The molecule has 1 nitrogen and oxygen atoms in total. The van der Waals surface area contributed by atoms with E-state index < -0.39 is 0 Å². The van der Waals surface area contributed by atoms with Gasteiger partial charge in [-0.25, -0.2) is 0 Å². The second kappa shape index (κ2) is 8.55. The summed E-state index contributed by atoms with van der Waals surface area (Å²) in [6, 6.07) is 0. The number of hydrogen-bond donors (Lipinski definition) is 1. The summed E-state index contributed by atoms with van der Waals surface area (Å²) in [5, 5.41) is 9.65. The van der Waals surface area contributed by atoms with Crippen LogP contribution in [0.4, 0.5) is 0 Å². The normalized spacial score (nSPS) is 15.7. The van der Waals surface area contributed by atoms with Crippen molar-refractivity contribution in [3.63, 3.8) is 0 Å². The Hall–Kier alpha value is -0.0400. The van der Waals surface area contributed by atoms with Crippen molar-refractivity contribution in [3.05, 3.63) is 0 Å². The largest absolute Gasteiger partial charge is 0.393 e. The van der Waals surface area contributed by atoms with Crippen LogP contribution in [0.5, 0.6) is 0 Å². The monoisotopic (exact) mass is 186 g/mol. The third-order valence-corrected chi connectivity index (χ3v) is 2.62. The van der Waals surface area contributed by atoms with E-state index in [0.29, 0.717) is 5.92 Å². The smallest absolute Gasteiger partial charge is 0.0542 e. The summed E-state index contributed by atoms with van der Waals surface area (Å²) >= 11 is 0. The molecule has 0 aliphatic heterocycles. The summed E-state index contributed by atoms with van der Waals surface area (Å²) in [7, 11) is 0. The molecular weight excluding hydrogens is 160 g/mol. The molecule has 80 valence electrons. The zero-order valence-corrected chi connectivity index (χ0v) is 9.55. The van der Waals surface area contributed by atoms with Gasteiger partial charge in [0.05, 0.1) is 6.10 Å². The molecule has 0 heterocycles. The van der Waals surface area contributed by atoms with Crippen LogP contribution in [-0.2, 0) is 0 Å². The maximum absolute atomic E-state index is 9.65. The molecule has 1 N–H and O–H groups in total. The van der Waals surface area contributed by atoms with Gasteiger partial charge in [0, 0.05) is 0 Å². The van der Waals surface area contributed by atoms with E-state index in [-0.39, 0.29) is 6.10 Å². The number of aliphatic hydroxyl groups excluding tert-OH is 1. The summed E-state index contributed by atoms with van der Waals surface area (Å²) in [6.07, 6.45) is 8.16. The van der Waals surface area contributed by atoms with E-state index in [1.54, 1.807) is 0 Å². The number of hydrogen-bond acceptors (Lipinski definition) is 1. The van der Waals surface area contributed by atoms with Crippen LogP contribution in [-0.4, -0.2) is 11.2 Å². The molecule has 0 aliphatic rings. The number of rotatable bonds is 8. The molecule has 0 radical (unpaired) electrons. The average molecular weight is 186 g/mol. The zero-order chi connectivity index (χ0) is 10.1. The van der Waals surface area contributed by atoms with Gasteiger partial charge in [0.2, 0.25) is 0 Å². The van der Waals surface area contributed by atoms with Crippen molar-refractivity contribution >= 4 is 0 Å². The van der Waals surface area contributed by atoms with Crippen LogP contribution >= 0.6 is 0 Å². The average Bonchev–Trinajstić information content (AvgIpc) is 2.11. The highest BCUT2D eigenvalue weighted by molar-refractivity contribution is 4.61. The van der Waals surface area contributed by atoms with Crippen LogP contribution in [0, 0.1) is 5.92 Å². The highest BCUT2D eigenvalue weighted by Gasteiger charge is 2.08. The minimum absolute atomic E-state index is 0.0493. The molecule has 0 aliphatic carbocycles. The fourth-order valence-corrected chi connectivity index (χ4v) is 1.69. The first kappa shape index (κ1) is 13.0. The van der Waals surface area contributed by atoms with Gasteiger partial charge < -0.3 is 5.11 Å². The summed E-state index contributed by atoms with van der Waals surface area (Å²) < 4.78 is 0. The molecule has 0 aromatic rings. The van der Waals surface area contributed by atoms with Gasteiger partial charge in [-0.05, 0) is 18.8 Å². The van der Waals surface area contributed by atoms with Crippen LogP contribution in [0.25, 0.3) is 0 Å². The van der Waals surface area contributed by atoms with E-state index in [1.807, 2.05) is 0 Å². The van der Waals surface area contributed by atoms with Gasteiger partial charge in [-0.2, -0.15) is 0 Å². The van der Waals surface area contributed by atoms with E-state index in [4.69, 9.17) is 0 Å². The molecule has 0 aromatic heterocycles. The molecule has 2 atom stereocenters. The standard InChI is InChI=1S/C12H26O/c1-4-6-8-11(3)10-12(13)9-7-5-2/h11-13H,4-10H2,1-3H3/t11-,12-/m1/s1. The Balaban J connectivity index is 3.35. The molecule has 1 heteroatoms. The second-order valence-corrected chi connectivity index (χ2v) is 4.28. The fraction of sp³-hybridized carbons (Fsp3) is 1.00. The highest BCUT2D eigenvalue weighted by atomic mass is 16.3. The molecule has 0 saturated carbocycles. The van der Waals surface area contributed by atoms with Crippen LogP contribution in [0.15, 0.2) is 0 Å². The van der Waals surface area contributed by atoms with Gasteiger partial charge >= 0.3 is 0 Å². The van der Waals surface area contributed by atoms with Crippen molar-refractivity contribution in [1.29, 1.82) is 0 Å². The maximum atomic E-state index is 9.65. The Labute approximate surface area is 83.5 Å². The van der Waals surface area contributed by atoms with E-state index in [9.17, 15) is 5.11 Å². The summed E-state index contributed by atoms with van der Waals surface area (Å²) in [5.74, 6) is 0.701. The second-order valence-electron chi connectivity index (χ2n) is 4.28. The molecule has 0 spiro atoms. The zero-order valence-electron chi connectivity index (χ0n) is 9.55. The van der Waals surface area contributed by atoms with Crippen molar-refractivity contribution in [2.45, 2.75) is 71.8 Å². The minimum atomic E-state index is -0.0493. The molecule has 13 heavy (non-hydrogen) atoms. The maximum Gasteiger partial charge on any atom is 0.0542 e. The Kier molecular flexibility index (Phi) is 8.53. The Morgan fingerprint density at radius 1 is 1.00 bits per heavy atom. The van der Waals surface area contributed by atoms with Gasteiger partial charge in [0.1, 0.15) is 0 Å². The molecule has 0 bridgehead atoms. The Morgan fingerprint density at radius 2 is 1.54 bits per heavy atom. The summed E-state index contributed by atoms with van der Waals surface area (Å²) in [5.41, 5.74) is 0. The number of unbranched alkanes of at least 4 members (excludes halogenated alkanes) is 2. The first-order chi connectivity index (χ1) is 6.20. The predicted octanol–water partition coefficient (Wildman–Crippen LogP) is 3.75. The lowest BCUT2D eigenvalue weighted by Gasteiger charge is -2.15. The lowest BCUT2D eigenvalue weighted by atomic mass is 9.95. The van der Waals surface area contributed by atoms with Crippen molar-refractivity contribution in [2.24, 2.45) is 5.92 Å². The van der Waals surface area contributed by atoms with Gasteiger partial charge in [-0.1, -0.05) is 52.9 Å². The van der Waals surface area contributed by atoms with Crippen molar-refractivity contribution in [3.8, 4) is 0 Å². The Bertz CT molecular complexity index is 89.3. The Morgan fingerprint density at radius 3 is 2.08 bits per heavy atom. The van der Waals surface area contributed by atoms with Crippen LogP contribution < -0.4 is 0 Å². The molecule has 0 fully saturated rings. The molecule has 0 rings (SSSR count).